The average Bonchev–Trinajstić information content (AvgIpc) is 2.73. The van der Waals surface area contributed by atoms with E-state index in [1.54, 1.807) is 0 Å². The first-order chi connectivity index (χ1) is 6.66. The van der Waals surface area contributed by atoms with Crippen molar-refractivity contribution in [3.8, 4) is 0 Å². The summed E-state index contributed by atoms with van der Waals surface area (Å²) >= 11 is 0. The van der Waals surface area contributed by atoms with Crippen LogP contribution in [0.2, 0.25) is 0 Å². The Kier molecular flexibility index (Phi) is 2.23. The molecule has 0 spiro atoms. The molecule has 0 radical (unpaired) electrons. The van der Waals surface area contributed by atoms with Crippen molar-refractivity contribution in [2.24, 2.45) is 9.98 Å². The molecule has 2 aliphatic rings. The second kappa shape index (κ2) is 3.40. The van der Waals surface area contributed by atoms with Crippen LogP contribution in [-0.4, -0.2) is 42.9 Å². The van der Waals surface area contributed by atoms with Gasteiger partial charge >= 0.3 is 5.78 Å². The van der Waals surface area contributed by atoms with E-state index in [-0.39, 0.29) is 29.8 Å². The van der Waals surface area contributed by atoms with Gasteiger partial charge in [-0.3, -0.25) is 4.79 Å². The minimum atomic E-state index is -0.335. The van der Waals surface area contributed by atoms with Gasteiger partial charge < -0.3 is 9.47 Å². The van der Waals surface area contributed by atoms with Gasteiger partial charge in [0.25, 0.3) is 11.8 Å². The maximum atomic E-state index is 11.6. The van der Waals surface area contributed by atoms with Gasteiger partial charge in [0.1, 0.15) is 12.2 Å². The standard InChI is InChI=1S/C9H12N2O3/c1-5-3-10-8(13-5)7(12)9-11-4-6(2)14-9/h5-6H,3-4H2,1-2H3. The molecule has 0 saturated carbocycles. The molecule has 76 valence electrons. The lowest BCUT2D eigenvalue weighted by molar-refractivity contribution is -0.110. The predicted molar refractivity (Wildman–Crippen MR) is 50.7 cm³/mol. The minimum absolute atomic E-state index is 0.0200. The molecule has 14 heavy (non-hydrogen) atoms. The van der Waals surface area contributed by atoms with Crippen LogP contribution in [0, 0.1) is 0 Å². The Balaban J connectivity index is 2.03. The molecule has 0 amide bonds. The molecule has 0 aromatic rings. The van der Waals surface area contributed by atoms with E-state index in [0.29, 0.717) is 13.1 Å². The zero-order valence-electron chi connectivity index (χ0n) is 8.19. The predicted octanol–water partition coefficient (Wildman–Crippen LogP) is 0.190. The fourth-order valence-corrected chi connectivity index (χ4v) is 1.30. The number of Topliss-reactive ketones (excluding diaryl/α,β-unsaturated/α-hetero) is 1. The number of carbonyl (C=O) groups is 1. The third-order valence-electron chi connectivity index (χ3n) is 2.00. The van der Waals surface area contributed by atoms with Crippen LogP contribution < -0.4 is 0 Å². The largest absolute Gasteiger partial charge is 0.470 e. The fourth-order valence-electron chi connectivity index (χ4n) is 1.30. The Morgan fingerprint density at radius 2 is 1.57 bits per heavy atom. The van der Waals surface area contributed by atoms with Crippen molar-refractivity contribution in [3.05, 3.63) is 0 Å². The van der Waals surface area contributed by atoms with Gasteiger partial charge in [-0.25, -0.2) is 9.98 Å². The summed E-state index contributed by atoms with van der Waals surface area (Å²) in [6.07, 6.45) is -0.0400. The smallest absolute Gasteiger partial charge is 0.301 e. The van der Waals surface area contributed by atoms with Crippen LogP contribution in [0.25, 0.3) is 0 Å². The summed E-state index contributed by atoms with van der Waals surface area (Å²) in [5, 5.41) is 0. The quantitative estimate of drug-likeness (QED) is 0.633. The van der Waals surface area contributed by atoms with E-state index in [1.807, 2.05) is 13.8 Å². The molecule has 0 N–H and O–H groups in total. The van der Waals surface area contributed by atoms with Gasteiger partial charge in [0.05, 0.1) is 13.1 Å². The van der Waals surface area contributed by atoms with E-state index in [0.717, 1.165) is 0 Å². The summed E-state index contributed by atoms with van der Waals surface area (Å²) in [5.41, 5.74) is 0. The van der Waals surface area contributed by atoms with Gasteiger partial charge in [0.15, 0.2) is 0 Å². The second-order valence-electron chi connectivity index (χ2n) is 3.48. The van der Waals surface area contributed by atoms with Gasteiger partial charge in [-0.15, -0.1) is 0 Å². The fraction of sp³-hybridized carbons (Fsp3) is 0.667. The third kappa shape index (κ3) is 1.62. The van der Waals surface area contributed by atoms with Gasteiger partial charge in [-0.2, -0.15) is 0 Å². The second-order valence-corrected chi connectivity index (χ2v) is 3.48. The molecule has 0 fully saturated rings. The zero-order chi connectivity index (χ0) is 10.1. The van der Waals surface area contributed by atoms with Crippen LogP contribution in [0.1, 0.15) is 13.8 Å². The lowest BCUT2D eigenvalue weighted by atomic mass is 10.4. The number of aliphatic imine (C=N–C) groups is 2. The number of rotatable bonds is 2. The molecule has 2 atom stereocenters. The third-order valence-corrected chi connectivity index (χ3v) is 2.00. The monoisotopic (exact) mass is 196 g/mol. The molecule has 0 saturated heterocycles. The topological polar surface area (TPSA) is 60.2 Å². The lowest BCUT2D eigenvalue weighted by Gasteiger charge is -2.05. The van der Waals surface area contributed by atoms with E-state index in [4.69, 9.17) is 9.47 Å². The summed E-state index contributed by atoms with van der Waals surface area (Å²) < 4.78 is 10.4. The normalized spacial score (nSPS) is 30.4. The molecule has 2 unspecified atom stereocenters. The highest BCUT2D eigenvalue weighted by Crippen LogP contribution is 2.09. The molecular formula is C9H12N2O3. The van der Waals surface area contributed by atoms with Crippen molar-refractivity contribution in [3.63, 3.8) is 0 Å². The van der Waals surface area contributed by atoms with Crippen LogP contribution >= 0.6 is 0 Å². The summed E-state index contributed by atoms with van der Waals surface area (Å²) in [5.74, 6) is -0.0746. The number of nitrogens with zero attached hydrogens (tertiary/aromatic N) is 2. The molecule has 5 heteroatoms. The van der Waals surface area contributed by atoms with Crippen molar-refractivity contribution in [1.29, 1.82) is 0 Å². The molecular weight excluding hydrogens is 184 g/mol. The number of ketones is 1. The van der Waals surface area contributed by atoms with Crippen LogP contribution in [-0.2, 0) is 14.3 Å². The highest BCUT2D eigenvalue weighted by atomic mass is 16.5. The average molecular weight is 196 g/mol. The summed E-state index contributed by atoms with van der Waals surface area (Å²) in [6, 6.07) is 0. The van der Waals surface area contributed by atoms with Crippen LogP contribution in [0.3, 0.4) is 0 Å². The van der Waals surface area contributed by atoms with Crippen molar-refractivity contribution < 1.29 is 14.3 Å². The van der Waals surface area contributed by atoms with Gasteiger partial charge in [-0.05, 0) is 13.8 Å². The van der Waals surface area contributed by atoms with Crippen LogP contribution in [0.4, 0.5) is 0 Å². The Bertz CT molecular complexity index is 292. The van der Waals surface area contributed by atoms with E-state index >= 15 is 0 Å². The maximum absolute atomic E-state index is 11.6. The van der Waals surface area contributed by atoms with Crippen LogP contribution in [0.15, 0.2) is 9.98 Å². The summed E-state index contributed by atoms with van der Waals surface area (Å²) in [6.45, 7) is 4.79. The Morgan fingerprint density at radius 1 is 1.14 bits per heavy atom. The van der Waals surface area contributed by atoms with Crippen molar-refractivity contribution in [2.45, 2.75) is 26.1 Å². The maximum Gasteiger partial charge on any atom is 0.301 e. The molecule has 0 aromatic heterocycles. The first-order valence-electron chi connectivity index (χ1n) is 4.63. The molecule has 2 aliphatic heterocycles. The van der Waals surface area contributed by atoms with Gasteiger partial charge in [0, 0.05) is 0 Å². The first kappa shape index (κ1) is 9.18. The summed E-state index contributed by atoms with van der Waals surface area (Å²) in [7, 11) is 0. The van der Waals surface area contributed by atoms with Crippen molar-refractivity contribution in [1.82, 2.24) is 0 Å². The van der Waals surface area contributed by atoms with Gasteiger partial charge in [0.2, 0.25) is 0 Å². The van der Waals surface area contributed by atoms with Crippen molar-refractivity contribution in [2.75, 3.05) is 13.1 Å². The highest BCUT2D eigenvalue weighted by molar-refractivity contribution is 6.63. The Labute approximate surface area is 81.8 Å². The van der Waals surface area contributed by atoms with Crippen molar-refractivity contribution >= 4 is 17.6 Å². The number of ether oxygens (including phenoxy) is 2. The van der Waals surface area contributed by atoms with E-state index < -0.39 is 0 Å². The number of hydrogen-bond acceptors (Lipinski definition) is 5. The number of carbonyl (C=O) groups excluding carboxylic acids is 1. The Morgan fingerprint density at radius 3 is 1.86 bits per heavy atom. The minimum Gasteiger partial charge on any atom is -0.470 e. The van der Waals surface area contributed by atoms with E-state index in [1.165, 1.54) is 0 Å². The number of hydrogen-bond donors (Lipinski definition) is 0. The van der Waals surface area contributed by atoms with E-state index in [2.05, 4.69) is 9.98 Å². The lowest BCUT2D eigenvalue weighted by Crippen LogP contribution is -2.26. The highest BCUT2D eigenvalue weighted by Gasteiger charge is 2.30. The van der Waals surface area contributed by atoms with Crippen LogP contribution in [0.5, 0.6) is 0 Å². The SMILES string of the molecule is CC1CN=C(C(=O)C2=NCC(C)O2)O1. The molecule has 0 aromatic carbocycles. The Hall–Kier alpha value is -1.39. The summed E-state index contributed by atoms with van der Waals surface area (Å²) in [4.78, 5) is 19.6. The molecule has 2 rings (SSSR count). The van der Waals surface area contributed by atoms with E-state index in [9.17, 15) is 4.79 Å². The van der Waals surface area contributed by atoms with Gasteiger partial charge in [-0.1, -0.05) is 0 Å². The molecule has 0 bridgehead atoms. The first-order valence-corrected chi connectivity index (χ1v) is 4.63. The molecule has 0 aliphatic carbocycles. The molecule has 5 nitrogen and oxygen atoms in total. The molecule has 2 heterocycles. The zero-order valence-corrected chi connectivity index (χ0v) is 8.19.